The van der Waals surface area contributed by atoms with Gasteiger partial charge in [-0.3, -0.25) is 4.68 Å². The third-order valence-electron chi connectivity index (χ3n) is 3.44. The van der Waals surface area contributed by atoms with Crippen molar-refractivity contribution in [3.05, 3.63) is 16.9 Å². The first-order valence-electron chi connectivity index (χ1n) is 6.10. The molecule has 0 aliphatic heterocycles. The molecule has 1 fully saturated rings. The lowest BCUT2D eigenvalue weighted by atomic mass is 9.81. The van der Waals surface area contributed by atoms with Crippen molar-refractivity contribution >= 4 is 11.6 Å². The summed E-state index contributed by atoms with van der Waals surface area (Å²) in [5.74, 6) is 0.645. The third-order valence-corrected chi connectivity index (χ3v) is 3.73. The number of halogens is 1. The van der Waals surface area contributed by atoms with Crippen LogP contribution < -0.4 is 0 Å². The van der Waals surface area contributed by atoms with Gasteiger partial charge in [-0.25, -0.2) is 0 Å². The number of hydrogen-bond donors (Lipinski definition) is 1. The van der Waals surface area contributed by atoms with Gasteiger partial charge in [0.15, 0.2) is 0 Å². The van der Waals surface area contributed by atoms with E-state index < -0.39 is 6.10 Å². The molecule has 2 rings (SSSR count). The van der Waals surface area contributed by atoms with Gasteiger partial charge in [0.25, 0.3) is 0 Å². The van der Waals surface area contributed by atoms with Gasteiger partial charge in [0.2, 0.25) is 0 Å². The van der Waals surface area contributed by atoms with E-state index in [4.69, 9.17) is 16.3 Å². The Morgan fingerprint density at radius 3 is 3.00 bits per heavy atom. The molecule has 0 radical (unpaired) electrons. The minimum atomic E-state index is -0.507. The van der Waals surface area contributed by atoms with Gasteiger partial charge in [0.05, 0.1) is 36.2 Å². The zero-order valence-electron chi connectivity index (χ0n) is 10.1. The Morgan fingerprint density at radius 1 is 1.65 bits per heavy atom. The molecule has 1 aliphatic rings. The smallest absolute Gasteiger partial charge is 0.0974 e. The van der Waals surface area contributed by atoms with Gasteiger partial charge in [0.1, 0.15) is 0 Å². The Balaban J connectivity index is 2.03. The van der Waals surface area contributed by atoms with Crippen molar-refractivity contribution in [2.75, 3.05) is 13.7 Å². The van der Waals surface area contributed by atoms with Crippen LogP contribution in [0.3, 0.4) is 0 Å². The molecule has 1 aromatic heterocycles. The number of aliphatic hydroxyl groups is 1. The fourth-order valence-corrected chi connectivity index (χ4v) is 2.48. The summed E-state index contributed by atoms with van der Waals surface area (Å²) in [6.45, 7) is 1.20. The van der Waals surface area contributed by atoms with Gasteiger partial charge in [-0.05, 0) is 12.3 Å². The molecular weight excluding hydrogens is 240 g/mol. The van der Waals surface area contributed by atoms with E-state index in [-0.39, 0.29) is 0 Å². The zero-order chi connectivity index (χ0) is 12.3. The molecular formula is C12H19ClN2O2. The van der Waals surface area contributed by atoms with Crippen LogP contribution in [0.4, 0.5) is 0 Å². The van der Waals surface area contributed by atoms with Gasteiger partial charge in [-0.1, -0.05) is 30.9 Å². The topological polar surface area (TPSA) is 47.3 Å². The molecule has 96 valence electrons. The molecule has 1 unspecified atom stereocenters. The summed E-state index contributed by atoms with van der Waals surface area (Å²) in [7, 11) is 1.65. The summed E-state index contributed by atoms with van der Waals surface area (Å²) in [6.07, 6.45) is 5.61. The van der Waals surface area contributed by atoms with Gasteiger partial charge in [-0.2, -0.15) is 5.10 Å². The maximum Gasteiger partial charge on any atom is 0.0974 e. The van der Waals surface area contributed by atoms with Crippen LogP contribution >= 0.6 is 11.6 Å². The fourth-order valence-electron chi connectivity index (χ4n) is 2.22. The molecule has 0 bridgehead atoms. The van der Waals surface area contributed by atoms with Crippen molar-refractivity contribution in [3.63, 3.8) is 0 Å². The largest absolute Gasteiger partial charge is 0.387 e. The molecule has 1 aliphatic carbocycles. The second-order valence-electron chi connectivity index (χ2n) is 4.64. The van der Waals surface area contributed by atoms with E-state index in [9.17, 15) is 5.11 Å². The number of hydrogen-bond acceptors (Lipinski definition) is 3. The standard InChI is InChI=1S/C12H19ClN2O2/c1-17-6-5-15-12(10(13)8-14-15)11(16)7-9-3-2-4-9/h8-9,11,16H,2-7H2,1H3. The van der Waals surface area contributed by atoms with Crippen LogP contribution in [0.1, 0.15) is 37.5 Å². The Labute approximate surface area is 107 Å². The van der Waals surface area contributed by atoms with Crippen molar-refractivity contribution < 1.29 is 9.84 Å². The summed E-state index contributed by atoms with van der Waals surface area (Å²) in [4.78, 5) is 0. The highest BCUT2D eigenvalue weighted by molar-refractivity contribution is 6.31. The van der Waals surface area contributed by atoms with E-state index in [1.54, 1.807) is 18.0 Å². The molecule has 1 N–H and O–H groups in total. The molecule has 17 heavy (non-hydrogen) atoms. The van der Waals surface area contributed by atoms with Crippen LogP contribution in [0.15, 0.2) is 6.20 Å². The lowest BCUT2D eigenvalue weighted by Gasteiger charge is -2.27. The summed E-state index contributed by atoms with van der Waals surface area (Å²) >= 11 is 6.08. The first-order chi connectivity index (χ1) is 8.22. The predicted octanol–water partition coefficient (Wildman–Crippen LogP) is 2.41. The van der Waals surface area contributed by atoms with Crippen LogP contribution in [-0.4, -0.2) is 28.6 Å². The van der Waals surface area contributed by atoms with E-state index in [0.717, 1.165) is 12.1 Å². The summed E-state index contributed by atoms with van der Waals surface area (Å²) in [6, 6.07) is 0. The van der Waals surface area contributed by atoms with Crippen LogP contribution in [0, 0.1) is 5.92 Å². The van der Waals surface area contributed by atoms with Crippen LogP contribution in [0.5, 0.6) is 0 Å². The van der Waals surface area contributed by atoms with Crippen molar-refractivity contribution in [2.24, 2.45) is 5.92 Å². The van der Waals surface area contributed by atoms with E-state index in [2.05, 4.69) is 5.10 Å². The van der Waals surface area contributed by atoms with Crippen LogP contribution in [0.25, 0.3) is 0 Å². The zero-order valence-corrected chi connectivity index (χ0v) is 10.9. The molecule has 0 aromatic carbocycles. The summed E-state index contributed by atoms with van der Waals surface area (Å²) in [5, 5.41) is 14.9. The highest BCUT2D eigenvalue weighted by Gasteiger charge is 2.25. The number of nitrogens with zero attached hydrogens (tertiary/aromatic N) is 2. The molecule has 5 heteroatoms. The predicted molar refractivity (Wildman–Crippen MR) is 66.0 cm³/mol. The average Bonchev–Trinajstić information content (AvgIpc) is 2.62. The third kappa shape index (κ3) is 3.00. The highest BCUT2D eigenvalue weighted by atomic mass is 35.5. The van der Waals surface area contributed by atoms with Gasteiger partial charge >= 0.3 is 0 Å². The van der Waals surface area contributed by atoms with Crippen molar-refractivity contribution in [1.29, 1.82) is 0 Å². The maximum atomic E-state index is 10.2. The van der Waals surface area contributed by atoms with Gasteiger partial charge in [-0.15, -0.1) is 0 Å². The number of aliphatic hydroxyl groups excluding tert-OH is 1. The van der Waals surface area contributed by atoms with E-state index in [1.165, 1.54) is 19.3 Å². The molecule has 4 nitrogen and oxygen atoms in total. The first-order valence-corrected chi connectivity index (χ1v) is 6.48. The number of aromatic nitrogens is 2. The second kappa shape index (κ2) is 5.85. The maximum absolute atomic E-state index is 10.2. The average molecular weight is 259 g/mol. The monoisotopic (exact) mass is 258 g/mol. The molecule has 1 atom stereocenters. The van der Waals surface area contributed by atoms with Gasteiger partial charge in [0, 0.05) is 7.11 Å². The SMILES string of the molecule is COCCn1ncc(Cl)c1C(O)CC1CCC1. The van der Waals surface area contributed by atoms with E-state index >= 15 is 0 Å². The van der Waals surface area contributed by atoms with Gasteiger partial charge < -0.3 is 9.84 Å². The van der Waals surface area contributed by atoms with Crippen molar-refractivity contribution in [3.8, 4) is 0 Å². The van der Waals surface area contributed by atoms with E-state index in [0.29, 0.717) is 24.1 Å². The Bertz CT molecular complexity index is 363. The minimum Gasteiger partial charge on any atom is -0.387 e. The highest BCUT2D eigenvalue weighted by Crippen LogP contribution is 2.36. The molecule has 1 aromatic rings. The minimum absolute atomic E-state index is 0.507. The van der Waals surface area contributed by atoms with E-state index in [1.807, 2.05) is 0 Å². The molecule has 0 spiro atoms. The van der Waals surface area contributed by atoms with Crippen LogP contribution in [-0.2, 0) is 11.3 Å². The Kier molecular flexibility index (Phi) is 4.42. The molecule has 0 amide bonds. The first kappa shape index (κ1) is 12.9. The Morgan fingerprint density at radius 2 is 2.41 bits per heavy atom. The fraction of sp³-hybridized carbons (Fsp3) is 0.750. The van der Waals surface area contributed by atoms with Crippen molar-refractivity contribution in [2.45, 2.75) is 38.3 Å². The summed E-state index contributed by atoms with van der Waals surface area (Å²) < 4.78 is 6.76. The quantitative estimate of drug-likeness (QED) is 0.852. The molecule has 1 saturated carbocycles. The molecule has 1 heterocycles. The number of ether oxygens (including phenoxy) is 1. The second-order valence-corrected chi connectivity index (χ2v) is 5.05. The lowest BCUT2D eigenvalue weighted by molar-refractivity contribution is 0.107. The van der Waals surface area contributed by atoms with Crippen LogP contribution in [0.2, 0.25) is 5.02 Å². The van der Waals surface area contributed by atoms with Crippen molar-refractivity contribution in [1.82, 2.24) is 9.78 Å². The molecule has 0 saturated heterocycles. The number of methoxy groups -OCH3 is 1. The lowest BCUT2D eigenvalue weighted by Crippen LogP contribution is -2.18. The Hall–Kier alpha value is -0.580. The normalized spacial score (nSPS) is 18.1. The number of rotatable bonds is 6. The summed E-state index contributed by atoms with van der Waals surface area (Å²) in [5.41, 5.74) is 0.732.